The van der Waals surface area contributed by atoms with Gasteiger partial charge in [-0.1, -0.05) is 22.5 Å². The summed E-state index contributed by atoms with van der Waals surface area (Å²) in [5.41, 5.74) is 5.72. The maximum absolute atomic E-state index is 5.05. The zero-order chi connectivity index (χ0) is 4.28. The first-order valence-corrected chi connectivity index (χ1v) is 2.38. The van der Waals surface area contributed by atoms with Crippen molar-refractivity contribution in [2.75, 3.05) is 5.33 Å². The molecule has 0 unspecified atom stereocenters. The minimum atomic E-state index is 0.671. The molecule has 2 N–H and O–H groups in total. The molecule has 0 saturated heterocycles. The number of halogens is 1. The van der Waals surface area contributed by atoms with Crippen molar-refractivity contribution in [3.63, 3.8) is 0 Å². The summed E-state index contributed by atoms with van der Waals surface area (Å²) >= 11 is 3.09. The second kappa shape index (κ2) is 2.27. The van der Waals surface area contributed by atoms with Crippen LogP contribution < -0.4 is 5.73 Å². The first-order chi connectivity index (χ1) is 2.27. The molecule has 0 aromatic rings. The second-order valence-corrected chi connectivity index (χ2v) is 1.35. The summed E-state index contributed by atoms with van der Waals surface area (Å²) < 4.78 is 0. The van der Waals surface area contributed by atoms with Crippen molar-refractivity contribution in [3.8, 4) is 0 Å². The molecule has 1 nitrogen and oxygen atoms in total. The molecule has 0 aromatic heterocycles. The lowest BCUT2D eigenvalue weighted by molar-refractivity contribution is 1.37. The summed E-state index contributed by atoms with van der Waals surface area (Å²) in [6.07, 6.45) is 0. The van der Waals surface area contributed by atoms with E-state index in [9.17, 15) is 0 Å². The lowest BCUT2D eigenvalue weighted by atomic mass is 10.6. The maximum Gasteiger partial charge on any atom is 0.0423 e. The van der Waals surface area contributed by atoms with E-state index in [0.29, 0.717) is 11.0 Å². The number of hydrogen-bond donors (Lipinski definition) is 1. The summed E-state index contributed by atoms with van der Waals surface area (Å²) in [6, 6.07) is 0. The van der Waals surface area contributed by atoms with E-state index in [0.717, 1.165) is 0 Å². The molecule has 0 heterocycles. The Morgan fingerprint density at radius 3 is 2.20 bits per heavy atom. The van der Waals surface area contributed by atoms with E-state index < -0.39 is 0 Å². The first-order valence-electron chi connectivity index (χ1n) is 1.26. The Balaban J connectivity index is 2.85. The van der Waals surface area contributed by atoms with Gasteiger partial charge in [-0.05, 0) is 0 Å². The van der Waals surface area contributed by atoms with Crippen LogP contribution in [0, 0.1) is 0 Å². The molecule has 5 heavy (non-hydrogen) atoms. The van der Waals surface area contributed by atoms with Gasteiger partial charge >= 0.3 is 0 Å². The summed E-state index contributed by atoms with van der Waals surface area (Å²) in [5, 5.41) is 0.701. The van der Waals surface area contributed by atoms with Crippen LogP contribution in [0.1, 0.15) is 0 Å². The zero-order valence-corrected chi connectivity index (χ0v) is 4.46. The molecule has 0 saturated carbocycles. The number of alkyl halides is 1. The quantitative estimate of drug-likeness (QED) is 0.531. The molecule has 0 aromatic carbocycles. The van der Waals surface area contributed by atoms with E-state index in [1.165, 1.54) is 0 Å². The summed E-state index contributed by atoms with van der Waals surface area (Å²) in [6.45, 7) is 3.40. The van der Waals surface area contributed by atoms with Gasteiger partial charge in [0.1, 0.15) is 0 Å². The van der Waals surface area contributed by atoms with Crippen molar-refractivity contribution < 1.29 is 0 Å². The summed E-state index contributed by atoms with van der Waals surface area (Å²) in [7, 11) is 0. The molecular formula is C3H6BrN. The summed E-state index contributed by atoms with van der Waals surface area (Å²) in [5.74, 6) is 0. The van der Waals surface area contributed by atoms with Crippen LogP contribution in [0.15, 0.2) is 12.3 Å². The third-order valence-corrected chi connectivity index (χ3v) is 0.892. The van der Waals surface area contributed by atoms with Gasteiger partial charge in [-0.2, -0.15) is 0 Å². The first kappa shape index (κ1) is 5.02. The topological polar surface area (TPSA) is 26.0 Å². The number of nitrogens with two attached hydrogens (primary N) is 1. The second-order valence-electron chi connectivity index (χ2n) is 0.792. The molecule has 30 valence electrons. The van der Waals surface area contributed by atoms with Crippen LogP contribution in [0.4, 0.5) is 0 Å². The molecule has 0 aliphatic heterocycles. The fourth-order valence-corrected chi connectivity index (χ4v) is 0. The molecule has 0 aliphatic rings. The van der Waals surface area contributed by atoms with E-state index in [4.69, 9.17) is 5.73 Å². The van der Waals surface area contributed by atoms with Gasteiger partial charge in [0, 0.05) is 11.0 Å². The van der Waals surface area contributed by atoms with Crippen molar-refractivity contribution in [1.82, 2.24) is 0 Å². The predicted octanol–water partition coefficient (Wildman–Crippen LogP) is 0.854. The maximum atomic E-state index is 5.05. The van der Waals surface area contributed by atoms with Crippen LogP contribution >= 0.6 is 15.9 Å². The Labute approximate surface area is 40.0 Å². The minimum Gasteiger partial charge on any atom is -0.402 e. The highest BCUT2D eigenvalue weighted by atomic mass is 79.9. The smallest absolute Gasteiger partial charge is 0.0423 e. The average Bonchev–Trinajstić information content (AvgIpc) is 1.38. The van der Waals surface area contributed by atoms with Gasteiger partial charge in [-0.3, -0.25) is 0 Å². The van der Waals surface area contributed by atoms with Crippen molar-refractivity contribution in [3.05, 3.63) is 12.3 Å². The van der Waals surface area contributed by atoms with E-state index in [-0.39, 0.29) is 0 Å². The fraction of sp³-hybridized carbons (Fsp3) is 0.333. The van der Waals surface area contributed by atoms with E-state index >= 15 is 0 Å². The van der Waals surface area contributed by atoms with Crippen LogP contribution in [0.25, 0.3) is 0 Å². The minimum absolute atomic E-state index is 0.671. The molecule has 0 atom stereocenters. The van der Waals surface area contributed by atoms with E-state index in [1.54, 1.807) is 0 Å². The van der Waals surface area contributed by atoms with E-state index in [1.807, 2.05) is 0 Å². The van der Waals surface area contributed by atoms with Gasteiger partial charge in [0.2, 0.25) is 0 Å². The van der Waals surface area contributed by atoms with Crippen LogP contribution in [-0.4, -0.2) is 5.33 Å². The molecule has 0 rings (SSSR count). The number of hydrogen-bond acceptors (Lipinski definition) is 1. The Morgan fingerprint density at radius 2 is 2.20 bits per heavy atom. The van der Waals surface area contributed by atoms with Crippen LogP contribution in [0.5, 0.6) is 0 Å². The Kier molecular flexibility index (Phi) is 2.28. The Morgan fingerprint density at radius 1 is 2.00 bits per heavy atom. The van der Waals surface area contributed by atoms with Gasteiger partial charge in [0.05, 0.1) is 0 Å². The number of allylic oxidation sites excluding steroid dienone is 1. The molecule has 0 amide bonds. The molecule has 0 radical (unpaired) electrons. The lowest BCUT2D eigenvalue weighted by Crippen LogP contribution is -1.92. The normalized spacial score (nSPS) is 7.40. The van der Waals surface area contributed by atoms with Crippen LogP contribution in [0.3, 0.4) is 0 Å². The molecule has 0 spiro atoms. The van der Waals surface area contributed by atoms with Crippen LogP contribution in [-0.2, 0) is 0 Å². The Bertz CT molecular complexity index is 42.2. The van der Waals surface area contributed by atoms with Gasteiger partial charge in [-0.15, -0.1) is 0 Å². The number of rotatable bonds is 1. The van der Waals surface area contributed by atoms with Gasteiger partial charge in [0.25, 0.3) is 0 Å². The van der Waals surface area contributed by atoms with Crippen molar-refractivity contribution in [2.45, 2.75) is 0 Å². The fourth-order valence-electron chi connectivity index (χ4n) is 0. The zero-order valence-electron chi connectivity index (χ0n) is 2.87. The third-order valence-electron chi connectivity index (χ3n) is 0.172. The predicted molar refractivity (Wildman–Crippen MR) is 27.1 cm³/mol. The SMILES string of the molecule is C=C(N)CBr. The van der Waals surface area contributed by atoms with Crippen LogP contribution in [0.2, 0.25) is 0 Å². The molecule has 0 fully saturated rings. The van der Waals surface area contributed by atoms with Crippen molar-refractivity contribution >= 4 is 15.9 Å². The Hall–Kier alpha value is 0.0200. The monoisotopic (exact) mass is 135 g/mol. The standard InChI is InChI=1S/C3H6BrN/c1-3(5)2-4/h1-2,5H2. The highest BCUT2D eigenvalue weighted by Gasteiger charge is 1.69. The largest absolute Gasteiger partial charge is 0.402 e. The lowest BCUT2D eigenvalue weighted by Gasteiger charge is -1.79. The molecule has 0 bridgehead atoms. The summed E-state index contributed by atoms with van der Waals surface area (Å²) in [4.78, 5) is 0. The molecule has 2 heteroatoms. The highest BCUT2D eigenvalue weighted by molar-refractivity contribution is 9.09. The van der Waals surface area contributed by atoms with Gasteiger partial charge in [0.15, 0.2) is 0 Å². The van der Waals surface area contributed by atoms with Crippen molar-refractivity contribution in [1.29, 1.82) is 0 Å². The third kappa shape index (κ3) is 4.02. The molecular weight excluding hydrogens is 130 g/mol. The molecule has 0 aliphatic carbocycles. The average molecular weight is 136 g/mol. The highest BCUT2D eigenvalue weighted by Crippen LogP contribution is 1.82. The van der Waals surface area contributed by atoms with Gasteiger partial charge < -0.3 is 5.73 Å². The van der Waals surface area contributed by atoms with Gasteiger partial charge in [-0.25, -0.2) is 0 Å². The van der Waals surface area contributed by atoms with Crippen molar-refractivity contribution in [2.24, 2.45) is 5.73 Å². The van der Waals surface area contributed by atoms with E-state index in [2.05, 4.69) is 22.5 Å².